The predicted octanol–water partition coefficient (Wildman–Crippen LogP) is 24.4. The highest BCUT2D eigenvalue weighted by Gasteiger charge is 2.30. The molecule has 17 nitrogen and oxygen atoms in total. The number of ether oxygens (including phenoxy) is 4. The van der Waals surface area contributed by atoms with E-state index in [4.69, 9.17) is 37.0 Å². The molecule has 3 unspecified atom stereocenters. The summed E-state index contributed by atoms with van der Waals surface area (Å²) in [5.74, 6) is -1.34. The molecule has 19 heteroatoms. The molecule has 0 aromatic heterocycles. The summed E-state index contributed by atoms with van der Waals surface area (Å²) < 4.78 is 68.7. The molecular formula is C81H158O17P2. The molecule has 0 aliphatic carbocycles. The fourth-order valence-electron chi connectivity index (χ4n) is 12.6. The molecule has 0 aromatic carbocycles. The number of aliphatic hydroxyl groups is 1. The fraction of sp³-hybridized carbons (Fsp3) is 0.951. The highest BCUT2D eigenvalue weighted by molar-refractivity contribution is 7.47. The zero-order valence-electron chi connectivity index (χ0n) is 65.3. The van der Waals surface area contributed by atoms with Gasteiger partial charge in [0.25, 0.3) is 0 Å². The standard InChI is InChI=1S/C81H158O17P2/c1-6-10-13-16-19-22-25-28-30-32-33-34-35-37-39-42-45-51-56-61-66-80(85)97-76(70-91-79(84)65-60-55-50-44-41-38-36-31-29-26-23-20-17-14-11-7-2)72-95-99(87,88)93-68-75(82)69-94-100(89,90)96-73-77(98-81(86)67-62-57-52-47-46-48-53-58-63-74(5)9-4)71-92-78(83)64-59-54-49-43-40-27-24-21-18-15-12-8-3/h74-77,82H,6-73H2,1-5H3,(H,87,88)(H,89,90)/t74?,75-,76-,77-/m1/s1. The number of phosphoric ester groups is 2. The lowest BCUT2D eigenvalue weighted by Gasteiger charge is -2.21. The molecule has 0 saturated heterocycles. The second kappa shape index (κ2) is 73.9. The Kier molecular flexibility index (Phi) is 72.5. The van der Waals surface area contributed by atoms with Crippen LogP contribution in [0.25, 0.3) is 0 Å². The Morgan fingerprint density at radius 3 is 0.710 bits per heavy atom. The predicted molar refractivity (Wildman–Crippen MR) is 409 cm³/mol. The minimum Gasteiger partial charge on any atom is -0.462 e. The van der Waals surface area contributed by atoms with Gasteiger partial charge in [-0.3, -0.25) is 37.3 Å². The summed E-state index contributed by atoms with van der Waals surface area (Å²) in [6.07, 6.45) is 65.1. The molecule has 0 saturated carbocycles. The lowest BCUT2D eigenvalue weighted by atomic mass is 9.99. The summed E-state index contributed by atoms with van der Waals surface area (Å²) in [6.45, 7) is 7.33. The number of esters is 4. The van der Waals surface area contributed by atoms with Crippen LogP contribution < -0.4 is 0 Å². The first-order valence-electron chi connectivity index (χ1n) is 42.2. The van der Waals surface area contributed by atoms with Crippen LogP contribution in [0.3, 0.4) is 0 Å². The van der Waals surface area contributed by atoms with Gasteiger partial charge in [-0.1, -0.05) is 381 Å². The van der Waals surface area contributed by atoms with Crippen molar-refractivity contribution in [1.82, 2.24) is 0 Å². The number of carbonyl (C=O) groups excluding carboxylic acids is 4. The Labute approximate surface area is 613 Å². The van der Waals surface area contributed by atoms with Crippen LogP contribution in [0.15, 0.2) is 0 Å². The molecule has 0 radical (unpaired) electrons. The van der Waals surface area contributed by atoms with Gasteiger partial charge < -0.3 is 33.8 Å². The Morgan fingerprint density at radius 2 is 0.480 bits per heavy atom. The normalized spacial score (nSPS) is 14.1. The van der Waals surface area contributed by atoms with Gasteiger partial charge in [0.15, 0.2) is 12.2 Å². The van der Waals surface area contributed by atoms with Gasteiger partial charge in [-0.15, -0.1) is 0 Å². The van der Waals surface area contributed by atoms with Gasteiger partial charge in [-0.05, 0) is 31.6 Å². The fourth-order valence-corrected chi connectivity index (χ4v) is 14.1. The summed E-state index contributed by atoms with van der Waals surface area (Å²) in [6, 6.07) is 0. The third kappa shape index (κ3) is 73.0. The van der Waals surface area contributed by atoms with E-state index in [1.165, 1.54) is 257 Å². The van der Waals surface area contributed by atoms with Crippen LogP contribution >= 0.6 is 15.6 Å². The number of phosphoric acid groups is 2. The van der Waals surface area contributed by atoms with Crippen molar-refractivity contribution in [3.63, 3.8) is 0 Å². The molecule has 0 spiro atoms. The highest BCUT2D eigenvalue weighted by atomic mass is 31.2. The molecule has 0 fully saturated rings. The molecule has 100 heavy (non-hydrogen) atoms. The van der Waals surface area contributed by atoms with Crippen LogP contribution in [0.1, 0.15) is 433 Å². The molecule has 0 amide bonds. The SMILES string of the molecule is CCCCCCCCCCCCCCCCCCCCCCC(=O)O[C@H](COC(=O)CCCCCCCCCCCCCCCCCC)COP(=O)(O)OC[C@@H](O)COP(=O)(O)OC[C@@H](COC(=O)CCCCCCCCCCCCCC)OC(=O)CCCCCCCCCCC(C)CC. The van der Waals surface area contributed by atoms with Crippen LogP contribution in [-0.4, -0.2) is 96.7 Å². The maximum absolute atomic E-state index is 13.1. The van der Waals surface area contributed by atoms with Gasteiger partial charge in [0.2, 0.25) is 0 Å². The molecule has 0 rings (SSSR count). The highest BCUT2D eigenvalue weighted by Crippen LogP contribution is 2.45. The van der Waals surface area contributed by atoms with Crippen molar-refractivity contribution in [2.45, 2.75) is 451 Å². The summed E-state index contributed by atoms with van der Waals surface area (Å²) in [4.78, 5) is 73.0. The first kappa shape index (κ1) is 98.1. The van der Waals surface area contributed by atoms with Crippen molar-refractivity contribution < 1.29 is 80.2 Å². The van der Waals surface area contributed by atoms with Gasteiger partial charge >= 0.3 is 39.5 Å². The molecular weight excluding hydrogens is 1310 g/mol. The number of hydrogen-bond donors (Lipinski definition) is 3. The molecule has 0 aromatic rings. The quantitative estimate of drug-likeness (QED) is 0.0222. The summed E-state index contributed by atoms with van der Waals surface area (Å²) in [5.41, 5.74) is 0. The van der Waals surface area contributed by atoms with E-state index < -0.39 is 97.5 Å². The van der Waals surface area contributed by atoms with E-state index >= 15 is 0 Å². The van der Waals surface area contributed by atoms with E-state index in [0.29, 0.717) is 25.7 Å². The summed E-state index contributed by atoms with van der Waals surface area (Å²) in [7, 11) is -9.92. The molecule has 6 atom stereocenters. The van der Waals surface area contributed by atoms with Crippen molar-refractivity contribution >= 4 is 39.5 Å². The van der Waals surface area contributed by atoms with Crippen LogP contribution in [-0.2, 0) is 65.4 Å². The third-order valence-corrected chi connectivity index (χ3v) is 21.3. The maximum atomic E-state index is 13.1. The van der Waals surface area contributed by atoms with Crippen LogP contribution in [0.5, 0.6) is 0 Å². The minimum absolute atomic E-state index is 0.106. The minimum atomic E-state index is -4.96. The van der Waals surface area contributed by atoms with E-state index in [0.717, 1.165) is 95.8 Å². The van der Waals surface area contributed by atoms with Gasteiger partial charge in [-0.2, -0.15) is 0 Å². The topological polar surface area (TPSA) is 237 Å². The second-order valence-corrected chi connectivity index (χ2v) is 32.3. The van der Waals surface area contributed by atoms with Crippen molar-refractivity contribution in [2.24, 2.45) is 5.92 Å². The first-order valence-corrected chi connectivity index (χ1v) is 45.2. The Morgan fingerprint density at radius 1 is 0.280 bits per heavy atom. The monoisotopic (exact) mass is 1470 g/mol. The molecule has 0 aliphatic rings. The largest absolute Gasteiger partial charge is 0.472 e. The number of unbranched alkanes of at least 4 members (excludes halogenated alkanes) is 52. The average molecular weight is 1470 g/mol. The zero-order chi connectivity index (χ0) is 73.4. The lowest BCUT2D eigenvalue weighted by molar-refractivity contribution is -0.161. The lowest BCUT2D eigenvalue weighted by Crippen LogP contribution is -2.30. The van der Waals surface area contributed by atoms with E-state index in [-0.39, 0.29) is 25.7 Å². The van der Waals surface area contributed by atoms with Crippen LogP contribution in [0, 0.1) is 5.92 Å². The van der Waals surface area contributed by atoms with E-state index in [9.17, 15) is 43.2 Å². The first-order chi connectivity index (χ1) is 48.6. The molecule has 0 heterocycles. The van der Waals surface area contributed by atoms with E-state index in [2.05, 4.69) is 34.6 Å². The molecule has 594 valence electrons. The number of hydrogen-bond acceptors (Lipinski definition) is 15. The van der Waals surface area contributed by atoms with Crippen molar-refractivity contribution in [2.75, 3.05) is 39.6 Å². The van der Waals surface area contributed by atoms with Gasteiger partial charge in [-0.25, -0.2) is 9.13 Å². The molecule has 3 N–H and O–H groups in total. The Bertz CT molecular complexity index is 1910. The van der Waals surface area contributed by atoms with Gasteiger partial charge in [0.05, 0.1) is 26.4 Å². The Hall–Kier alpha value is -1.94. The average Bonchev–Trinajstić information content (AvgIpc) is 0.946. The van der Waals surface area contributed by atoms with Gasteiger partial charge in [0, 0.05) is 25.7 Å². The van der Waals surface area contributed by atoms with Crippen molar-refractivity contribution in [3.8, 4) is 0 Å². The summed E-state index contributed by atoms with van der Waals surface area (Å²) >= 11 is 0. The number of aliphatic hydroxyl groups excluding tert-OH is 1. The number of carbonyl (C=O) groups is 4. The Balaban J connectivity index is 5.24. The number of rotatable bonds is 81. The van der Waals surface area contributed by atoms with E-state index in [1.807, 2.05) is 0 Å². The van der Waals surface area contributed by atoms with Gasteiger partial charge in [0.1, 0.15) is 19.3 Å². The van der Waals surface area contributed by atoms with Crippen molar-refractivity contribution in [1.29, 1.82) is 0 Å². The molecule has 0 bridgehead atoms. The maximum Gasteiger partial charge on any atom is 0.472 e. The van der Waals surface area contributed by atoms with E-state index in [1.54, 1.807) is 0 Å². The second-order valence-electron chi connectivity index (χ2n) is 29.4. The zero-order valence-corrected chi connectivity index (χ0v) is 67.1. The van der Waals surface area contributed by atoms with Crippen LogP contribution in [0.2, 0.25) is 0 Å². The van der Waals surface area contributed by atoms with Crippen LogP contribution in [0.4, 0.5) is 0 Å². The third-order valence-electron chi connectivity index (χ3n) is 19.4. The van der Waals surface area contributed by atoms with Crippen molar-refractivity contribution in [3.05, 3.63) is 0 Å². The molecule has 0 aliphatic heterocycles. The smallest absolute Gasteiger partial charge is 0.462 e. The summed E-state index contributed by atoms with van der Waals surface area (Å²) in [5, 5.41) is 10.6.